The number of nitrogens with zero attached hydrogens (tertiary/aromatic N) is 1. The number of nitrogens with two attached hydrogens (primary N) is 1. The third-order valence-corrected chi connectivity index (χ3v) is 4.58. The van der Waals surface area contributed by atoms with E-state index >= 15 is 0 Å². The molecule has 0 spiro atoms. The fourth-order valence-corrected chi connectivity index (χ4v) is 3.58. The molecule has 1 aliphatic carbocycles. The van der Waals surface area contributed by atoms with Crippen molar-refractivity contribution in [1.82, 2.24) is 4.90 Å². The zero-order chi connectivity index (χ0) is 14.3. The molecule has 2 atom stereocenters. The number of hydrogen-bond donors (Lipinski definition) is 1. The first-order valence-corrected chi connectivity index (χ1v) is 7.13. The van der Waals surface area contributed by atoms with Gasteiger partial charge in [-0.1, -0.05) is 6.42 Å². The van der Waals surface area contributed by atoms with E-state index in [0.29, 0.717) is 12.5 Å². The number of benzene rings is 1. The summed E-state index contributed by atoms with van der Waals surface area (Å²) in [5, 5.41) is 0. The summed E-state index contributed by atoms with van der Waals surface area (Å²) in [6.45, 7) is 0.674. The molecule has 2 aliphatic rings. The molecule has 3 rings (SSSR count). The van der Waals surface area contributed by atoms with Gasteiger partial charge in [-0.15, -0.1) is 0 Å². The highest BCUT2D eigenvalue weighted by Crippen LogP contribution is 2.37. The Bertz CT molecular complexity index is 524. The van der Waals surface area contributed by atoms with Crippen LogP contribution in [-0.2, 0) is 0 Å². The largest absolute Gasteiger partial charge is 0.394 e. The van der Waals surface area contributed by atoms with Crippen LogP contribution in [0, 0.1) is 17.6 Å². The lowest BCUT2D eigenvalue weighted by molar-refractivity contribution is 0.0547. The fraction of sp³-hybridized carbons (Fsp3) is 0.533. The Morgan fingerprint density at radius 1 is 1.15 bits per heavy atom. The van der Waals surface area contributed by atoms with Gasteiger partial charge >= 0.3 is 0 Å². The normalized spacial score (nSPS) is 25.6. The van der Waals surface area contributed by atoms with Gasteiger partial charge in [0.25, 0.3) is 5.91 Å². The predicted molar refractivity (Wildman–Crippen MR) is 72.2 cm³/mol. The Labute approximate surface area is 116 Å². The van der Waals surface area contributed by atoms with Gasteiger partial charge in [-0.2, -0.15) is 0 Å². The third kappa shape index (κ3) is 2.15. The van der Waals surface area contributed by atoms with E-state index in [1.165, 1.54) is 0 Å². The van der Waals surface area contributed by atoms with Crippen molar-refractivity contribution in [2.75, 3.05) is 12.3 Å². The SMILES string of the molecule is Nc1c(F)cc(C(=O)N2CCCC3CCCC32)cc1F. The molecule has 1 aromatic rings. The van der Waals surface area contributed by atoms with E-state index < -0.39 is 17.3 Å². The van der Waals surface area contributed by atoms with Crippen molar-refractivity contribution in [3.8, 4) is 0 Å². The van der Waals surface area contributed by atoms with Crippen LogP contribution in [0.2, 0.25) is 0 Å². The summed E-state index contributed by atoms with van der Waals surface area (Å²) in [5.41, 5.74) is 4.77. The lowest BCUT2D eigenvalue weighted by Crippen LogP contribution is -2.46. The highest BCUT2D eigenvalue weighted by Gasteiger charge is 2.37. The van der Waals surface area contributed by atoms with Crippen LogP contribution < -0.4 is 5.73 Å². The molecule has 2 N–H and O–H groups in total. The summed E-state index contributed by atoms with van der Waals surface area (Å²) in [7, 11) is 0. The average molecular weight is 280 g/mol. The van der Waals surface area contributed by atoms with Gasteiger partial charge in [-0.3, -0.25) is 4.79 Å². The van der Waals surface area contributed by atoms with Crippen molar-refractivity contribution in [3.63, 3.8) is 0 Å². The van der Waals surface area contributed by atoms with Gasteiger partial charge < -0.3 is 10.6 Å². The lowest BCUT2D eigenvalue weighted by atomic mass is 9.91. The van der Waals surface area contributed by atoms with Gasteiger partial charge in [-0.25, -0.2) is 8.78 Å². The molecule has 1 aromatic carbocycles. The van der Waals surface area contributed by atoms with Gasteiger partial charge in [0.2, 0.25) is 0 Å². The molecule has 20 heavy (non-hydrogen) atoms. The summed E-state index contributed by atoms with van der Waals surface area (Å²) in [6.07, 6.45) is 5.39. The van der Waals surface area contributed by atoms with Crippen LogP contribution >= 0.6 is 0 Å². The second-order valence-corrected chi connectivity index (χ2v) is 5.75. The monoisotopic (exact) mass is 280 g/mol. The van der Waals surface area contributed by atoms with Crippen molar-refractivity contribution in [2.24, 2.45) is 5.92 Å². The number of piperidine rings is 1. The first-order valence-electron chi connectivity index (χ1n) is 7.13. The molecule has 1 heterocycles. The minimum Gasteiger partial charge on any atom is -0.394 e. The highest BCUT2D eigenvalue weighted by atomic mass is 19.1. The van der Waals surface area contributed by atoms with Crippen LogP contribution in [0.1, 0.15) is 42.5 Å². The number of fused-ring (bicyclic) bond motifs is 1. The fourth-order valence-electron chi connectivity index (χ4n) is 3.58. The molecule has 2 fully saturated rings. The molecule has 0 radical (unpaired) electrons. The molecule has 2 unspecified atom stereocenters. The second-order valence-electron chi connectivity index (χ2n) is 5.75. The van der Waals surface area contributed by atoms with Crippen LogP contribution in [-0.4, -0.2) is 23.4 Å². The number of carbonyl (C=O) groups is 1. The molecule has 1 saturated carbocycles. The summed E-state index contributed by atoms with van der Waals surface area (Å²) in [6, 6.07) is 2.32. The summed E-state index contributed by atoms with van der Waals surface area (Å²) in [4.78, 5) is 14.3. The van der Waals surface area contributed by atoms with Crippen LogP contribution in [0.5, 0.6) is 0 Å². The number of hydrogen-bond acceptors (Lipinski definition) is 2. The van der Waals surface area contributed by atoms with Crippen molar-refractivity contribution in [2.45, 2.75) is 38.1 Å². The Morgan fingerprint density at radius 2 is 1.80 bits per heavy atom. The van der Waals surface area contributed by atoms with Gasteiger partial charge in [0.05, 0.1) is 0 Å². The Hall–Kier alpha value is -1.65. The first-order chi connectivity index (χ1) is 9.58. The smallest absolute Gasteiger partial charge is 0.254 e. The summed E-state index contributed by atoms with van der Waals surface area (Å²) < 4.78 is 27.0. The van der Waals surface area contributed by atoms with Crippen LogP contribution in [0.15, 0.2) is 12.1 Å². The number of amides is 1. The number of likely N-dealkylation sites (tertiary alicyclic amines) is 1. The molecule has 108 valence electrons. The molecule has 1 saturated heterocycles. The van der Waals surface area contributed by atoms with Gasteiger partial charge in [0.15, 0.2) is 0 Å². The van der Waals surface area contributed by atoms with Crippen LogP contribution in [0.3, 0.4) is 0 Å². The number of rotatable bonds is 1. The van der Waals surface area contributed by atoms with E-state index in [0.717, 1.165) is 44.2 Å². The van der Waals surface area contributed by atoms with Crippen LogP contribution in [0.25, 0.3) is 0 Å². The number of halogens is 2. The molecule has 5 heteroatoms. The van der Waals surface area contributed by atoms with Crippen LogP contribution in [0.4, 0.5) is 14.5 Å². The Morgan fingerprint density at radius 3 is 2.50 bits per heavy atom. The standard InChI is InChI=1S/C15H18F2N2O/c16-11-7-10(8-12(17)14(11)18)15(20)19-6-2-4-9-3-1-5-13(9)19/h7-9,13H,1-6,18H2. The topological polar surface area (TPSA) is 46.3 Å². The van der Waals surface area contributed by atoms with Gasteiger partial charge in [0, 0.05) is 18.2 Å². The maximum absolute atomic E-state index is 13.5. The number of nitrogen functional groups attached to an aromatic ring is 1. The maximum atomic E-state index is 13.5. The third-order valence-electron chi connectivity index (χ3n) is 4.58. The minimum absolute atomic E-state index is 0.0572. The van der Waals surface area contributed by atoms with E-state index in [9.17, 15) is 13.6 Å². The minimum atomic E-state index is -0.867. The van der Waals surface area contributed by atoms with E-state index in [4.69, 9.17) is 5.73 Å². The van der Waals surface area contributed by atoms with Crippen molar-refractivity contribution < 1.29 is 13.6 Å². The predicted octanol–water partition coefficient (Wildman–Crippen LogP) is 2.95. The molecule has 0 aromatic heterocycles. The van der Waals surface area contributed by atoms with Crippen molar-refractivity contribution >= 4 is 11.6 Å². The molecule has 1 amide bonds. The molecular weight excluding hydrogens is 262 g/mol. The van der Waals surface area contributed by atoms with Crippen molar-refractivity contribution in [1.29, 1.82) is 0 Å². The molecule has 3 nitrogen and oxygen atoms in total. The van der Waals surface area contributed by atoms with E-state index in [1.54, 1.807) is 4.90 Å². The average Bonchev–Trinajstić information content (AvgIpc) is 2.91. The van der Waals surface area contributed by atoms with E-state index in [-0.39, 0.29) is 17.5 Å². The highest BCUT2D eigenvalue weighted by molar-refractivity contribution is 5.95. The second kappa shape index (κ2) is 5.04. The summed E-state index contributed by atoms with van der Waals surface area (Å²) in [5.74, 6) is -1.46. The number of anilines is 1. The van der Waals surface area contributed by atoms with Crippen molar-refractivity contribution in [3.05, 3.63) is 29.3 Å². The van der Waals surface area contributed by atoms with E-state index in [2.05, 4.69) is 0 Å². The maximum Gasteiger partial charge on any atom is 0.254 e. The molecule has 0 bridgehead atoms. The summed E-state index contributed by atoms with van der Waals surface area (Å²) >= 11 is 0. The van der Waals surface area contributed by atoms with Gasteiger partial charge in [-0.05, 0) is 43.7 Å². The Kier molecular flexibility index (Phi) is 3.36. The Balaban J connectivity index is 1.88. The lowest BCUT2D eigenvalue weighted by Gasteiger charge is -2.37. The molecular formula is C15H18F2N2O. The van der Waals surface area contributed by atoms with E-state index in [1.807, 2.05) is 0 Å². The van der Waals surface area contributed by atoms with Gasteiger partial charge in [0.1, 0.15) is 17.3 Å². The quantitative estimate of drug-likeness (QED) is 0.804. The number of carbonyl (C=O) groups excluding carboxylic acids is 1. The zero-order valence-corrected chi connectivity index (χ0v) is 11.2. The first kappa shape index (κ1) is 13.3. The zero-order valence-electron chi connectivity index (χ0n) is 11.2. The molecule has 1 aliphatic heterocycles.